The van der Waals surface area contributed by atoms with E-state index in [1.807, 2.05) is 0 Å². The number of allylic oxidation sites excluding steroid dienone is 1. The van der Waals surface area contributed by atoms with Crippen LogP contribution in [0.3, 0.4) is 0 Å². The number of methoxy groups -OCH3 is 6. The monoisotopic (exact) mass is 548 g/mol. The van der Waals surface area contributed by atoms with E-state index in [0.717, 1.165) is 0 Å². The number of hydrogen-bond acceptors (Lipinski definition) is 10. The second-order valence-corrected chi connectivity index (χ2v) is 8.90. The highest BCUT2D eigenvalue weighted by atomic mass is 16.5. The molecule has 0 amide bonds. The lowest BCUT2D eigenvalue weighted by atomic mass is 9.84. The fourth-order valence-corrected chi connectivity index (χ4v) is 5.08. The third kappa shape index (κ3) is 4.31. The van der Waals surface area contributed by atoms with Crippen molar-refractivity contribution in [2.75, 3.05) is 42.7 Å². The molecule has 0 fully saturated rings. The molecule has 40 heavy (non-hydrogen) atoms. The summed E-state index contributed by atoms with van der Waals surface area (Å²) in [5, 5.41) is 0. The topological polar surface area (TPSA) is 108 Å². The van der Waals surface area contributed by atoms with E-state index in [2.05, 4.69) is 0 Å². The van der Waals surface area contributed by atoms with Gasteiger partial charge in [0.25, 0.3) is 0 Å². The minimum atomic E-state index is -0.552. The van der Waals surface area contributed by atoms with E-state index in [1.165, 1.54) is 42.7 Å². The summed E-state index contributed by atoms with van der Waals surface area (Å²) in [7, 11) is 9.10. The molecule has 1 atom stereocenters. The molecule has 5 rings (SSSR count). The van der Waals surface area contributed by atoms with E-state index >= 15 is 0 Å². The van der Waals surface area contributed by atoms with Crippen molar-refractivity contribution in [3.63, 3.8) is 0 Å². The molecule has 2 heterocycles. The first-order valence-electron chi connectivity index (χ1n) is 12.3. The van der Waals surface area contributed by atoms with Crippen molar-refractivity contribution in [1.82, 2.24) is 0 Å². The smallest absolute Gasteiger partial charge is 0.312 e. The summed E-state index contributed by atoms with van der Waals surface area (Å²) in [6, 6.07) is 10.1. The van der Waals surface area contributed by atoms with Gasteiger partial charge in [-0.05, 0) is 36.4 Å². The average Bonchev–Trinajstić information content (AvgIpc) is 3.29. The minimum absolute atomic E-state index is 0.00457. The molecule has 1 unspecified atom stereocenters. The number of carbonyl (C=O) groups is 2. The average molecular weight is 549 g/mol. The van der Waals surface area contributed by atoms with Crippen LogP contribution in [-0.4, -0.2) is 54.4 Å². The predicted molar refractivity (Wildman–Crippen MR) is 144 cm³/mol. The standard InChI is InChI=1S/C30H28O10/c1-33-20-9-7-15(28(37-5)30(20)38-6)11-24-27(32)16-8-10-19-26(29(16)40-24)18(13-25(31)39-19)17-12-22(35-3)23(36-4)14-21(17)34-2/h7-12,14,18H,13H2,1-6H3. The number of carbonyl (C=O) groups excluding carboxylic acids is 2. The van der Waals surface area contributed by atoms with Gasteiger partial charge < -0.3 is 37.9 Å². The third-order valence-corrected chi connectivity index (χ3v) is 6.91. The van der Waals surface area contributed by atoms with Crippen molar-refractivity contribution >= 4 is 17.8 Å². The van der Waals surface area contributed by atoms with Crippen LogP contribution in [0.5, 0.6) is 46.0 Å². The van der Waals surface area contributed by atoms with Gasteiger partial charge in [-0.15, -0.1) is 0 Å². The zero-order valence-corrected chi connectivity index (χ0v) is 22.9. The molecule has 0 spiro atoms. The fraction of sp³-hybridized carbons (Fsp3) is 0.267. The number of fused-ring (bicyclic) bond motifs is 3. The van der Waals surface area contributed by atoms with Gasteiger partial charge in [0.15, 0.2) is 28.8 Å². The van der Waals surface area contributed by atoms with Crippen LogP contribution in [0.15, 0.2) is 42.2 Å². The van der Waals surface area contributed by atoms with Crippen LogP contribution < -0.4 is 37.9 Å². The first kappa shape index (κ1) is 26.7. The van der Waals surface area contributed by atoms with Gasteiger partial charge in [0.05, 0.1) is 54.6 Å². The lowest BCUT2D eigenvalue weighted by Crippen LogP contribution is -2.22. The van der Waals surface area contributed by atoms with Gasteiger partial charge >= 0.3 is 5.97 Å². The molecule has 10 heteroatoms. The Morgan fingerprint density at radius 1 is 0.725 bits per heavy atom. The summed E-state index contributed by atoms with van der Waals surface area (Å²) in [5.41, 5.74) is 2.10. The van der Waals surface area contributed by atoms with Gasteiger partial charge in [0.1, 0.15) is 17.2 Å². The van der Waals surface area contributed by atoms with Crippen molar-refractivity contribution in [1.29, 1.82) is 0 Å². The summed E-state index contributed by atoms with van der Waals surface area (Å²) in [6.07, 6.45) is 1.58. The fourth-order valence-electron chi connectivity index (χ4n) is 5.08. The van der Waals surface area contributed by atoms with Crippen molar-refractivity contribution in [3.8, 4) is 46.0 Å². The van der Waals surface area contributed by atoms with Crippen LogP contribution in [0.2, 0.25) is 0 Å². The highest BCUT2D eigenvalue weighted by molar-refractivity contribution is 6.15. The zero-order valence-electron chi connectivity index (χ0n) is 22.9. The van der Waals surface area contributed by atoms with Gasteiger partial charge in [-0.1, -0.05) is 0 Å². The molecule has 0 aliphatic carbocycles. The molecule has 0 aromatic heterocycles. The number of ketones is 1. The normalized spacial score (nSPS) is 16.4. The molecule has 2 aliphatic heterocycles. The molecule has 3 aromatic rings. The van der Waals surface area contributed by atoms with E-state index in [-0.39, 0.29) is 18.0 Å². The van der Waals surface area contributed by atoms with Crippen LogP contribution in [0.4, 0.5) is 0 Å². The van der Waals surface area contributed by atoms with Crippen LogP contribution in [-0.2, 0) is 4.79 Å². The van der Waals surface area contributed by atoms with E-state index in [9.17, 15) is 9.59 Å². The minimum Gasteiger partial charge on any atom is -0.496 e. The first-order chi connectivity index (χ1) is 19.4. The number of hydrogen-bond donors (Lipinski definition) is 0. The van der Waals surface area contributed by atoms with Crippen molar-refractivity contribution in [2.45, 2.75) is 12.3 Å². The lowest BCUT2D eigenvalue weighted by Gasteiger charge is -2.28. The Morgan fingerprint density at radius 2 is 1.40 bits per heavy atom. The Bertz CT molecular complexity index is 1540. The van der Waals surface area contributed by atoms with Crippen LogP contribution >= 0.6 is 0 Å². The lowest BCUT2D eigenvalue weighted by molar-refractivity contribution is -0.135. The molecular weight excluding hydrogens is 520 g/mol. The Morgan fingerprint density at radius 3 is 2.05 bits per heavy atom. The second-order valence-electron chi connectivity index (χ2n) is 8.90. The number of esters is 1. The summed E-state index contributed by atoms with van der Waals surface area (Å²) in [5.74, 6) is 2.03. The van der Waals surface area contributed by atoms with Crippen LogP contribution in [0.25, 0.3) is 6.08 Å². The highest BCUT2D eigenvalue weighted by Crippen LogP contribution is 2.52. The zero-order chi connectivity index (χ0) is 28.6. The summed E-state index contributed by atoms with van der Waals surface area (Å²) in [6.45, 7) is 0. The Balaban J connectivity index is 1.64. The van der Waals surface area contributed by atoms with Gasteiger partial charge in [-0.25, -0.2) is 0 Å². The third-order valence-electron chi connectivity index (χ3n) is 6.91. The molecule has 3 aromatic carbocycles. The first-order valence-corrected chi connectivity index (χ1v) is 12.3. The summed E-state index contributed by atoms with van der Waals surface area (Å²) in [4.78, 5) is 26.2. The molecule has 0 saturated carbocycles. The van der Waals surface area contributed by atoms with Gasteiger partial charge in [-0.2, -0.15) is 0 Å². The predicted octanol–water partition coefficient (Wildman–Crippen LogP) is 4.80. The molecule has 208 valence electrons. The Labute approximate surface area is 230 Å². The molecule has 0 radical (unpaired) electrons. The highest BCUT2D eigenvalue weighted by Gasteiger charge is 2.40. The molecule has 0 bridgehead atoms. The van der Waals surface area contributed by atoms with Gasteiger partial charge in [0, 0.05) is 28.7 Å². The van der Waals surface area contributed by atoms with E-state index in [0.29, 0.717) is 68.2 Å². The molecule has 0 N–H and O–H groups in total. The van der Waals surface area contributed by atoms with Crippen molar-refractivity contribution in [2.24, 2.45) is 0 Å². The number of rotatable bonds is 8. The summed E-state index contributed by atoms with van der Waals surface area (Å²) >= 11 is 0. The molecule has 10 nitrogen and oxygen atoms in total. The maximum Gasteiger partial charge on any atom is 0.312 e. The van der Waals surface area contributed by atoms with E-state index in [4.69, 9.17) is 37.9 Å². The quantitative estimate of drug-likeness (QED) is 0.221. The maximum atomic E-state index is 13.5. The van der Waals surface area contributed by atoms with Crippen molar-refractivity contribution < 1.29 is 47.5 Å². The number of benzene rings is 3. The molecule has 2 aliphatic rings. The second kappa shape index (κ2) is 10.7. The number of Topliss-reactive ketones (excluding diaryl/α,β-unsaturated/α-hetero) is 1. The van der Waals surface area contributed by atoms with E-state index < -0.39 is 11.9 Å². The SMILES string of the molecule is COc1cc(OC)c(C2CC(=O)Oc3ccc4c(c32)OC(=Cc2ccc(OC)c(OC)c2OC)C4=O)cc1OC. The number of ether oxygens (including phenoxy) is 8. The molecule has 0 saturated heterocycles. The van der Waals surface area contributed by atoms with Crippen molar-refractivity contribution in [3.05, 3.63) is 64.4 Å². The van der Waals surface area contributed by atoms with Crippen LogP contribution in [0.1, 0.15) is 39.4 Å². The van der Waals surface area contributed by atoms with Gasteiger partial charge in [0.2, 0.25) is 11.5 Å². The van der Waals surface area contributed by atoms with Gasteiger partial charge in [-0.3, -0.25) is 9.59 Å². The summed E-state index contributed by atoms with van der Waals surface area (Å²) < 4.78 is 44.8. The van der Waals surface area contributed by atoms with Crippen LogP contribution in [0, 0.1) is 0 Å². The molecular formula is C30H28O10. The largest absolute Gasteiger partial charge is 0.496 e. The van der Waals surface area contributed by atoms with E-state index in [1.54, 1.807) is 42.5 Å². The maximum absolute atomic E-state index is 13.5. The Hall–Kier alpha value is -4.86. The Kier molecular flexibility index (Phi) is 7.17.